The number of likely N-dealkylation sites (tertiary alicyclic amines) is 1. The maximum absolute atomic E-state index is 13.6. The van der Waals surface area contributed by atoms with E-state index in [9.17, 15) is 4.79 Å². The topological polar surface area (TPSA) is 32.7 Å². The standard InChI is InChI=1S/C28H32N2O/c31-28(30-17-7-8-18-30)26(20-25-19-21-13-15-22(25)16-14-21)29-27(23-9-3-1-4-10-23)24-11-5-2-6-12-24/h1-6,9-13,15,21-22,25-26H,7-8,14,16-20H2/t21-,22+,25+,26?/m0/s1. The molecular weight excluding hydrogens is 380 g/mol. The summed E-state index contributed by atoms with van der Waals surface area (Å²) in [7, 11) is 0. The first-order valence-corrected chi connectivity index (χ1v) is 11.9. The fourth-order valence-electron chi connectivity index (χ4n) is 5.63. The van der Waals surface area contributed by atoms with E-state index in [1.807, 2.05) is 12.1 Å². The number of nitrogens with zero attached hydrogens (tertiary/aromatic N) is 2. The Labute approximate surface area is 185 Å². The molecule has 0 aromatic heterocycles. The summed E-state index contributed by atoms with van der Waals surface area (Å²) in [6.45, 7) is 1.76. The van der Waals surface area contributed by atoms with Crippen LogP contribution in [-0.4, -0.2) is 35.7 Å². The quantitative estimate of drug-likeness (QED) is 0.455. The van der Waals surface area contributed by atoms with E-state index in [0.717, 1.165) is 49.2 Å². The molecule has 2 fully saturated rings. The van der Waals surface area contributed by atoms with Crippen molar-refractivity contribution in [2.24, 2.45) is 22.7 Å². The van der Waals surface area contributed by atoms with Crippen molar-refractivity contribution in [2.45, 2.75) is 44.6 Å². The van der Waals surface area contributed by atoms with Gasteiger partial charge >= 0.3 is 0 Å². The number of aliphatic imine (C=N–C) groups is 1. The maximum Gasteiger partial charge on any atom is 0.247 e. The average Bonchev–Trinajstić information content (AvgIpc) is 3.38. The van der Waals surface area contributed by atoms with Crippen molar-refractivity contribution in [1.82, 2.24) is 4.90 Å². The van der Waals surface area contributed by atoms with Crippen molar-refractivity contribution in [1.29, 1.82) is 0 Å². The van der Waals surface area contributed by atoms with Crippen molar-refractivity contribution in [3.05, 3.63) is 83.9 Å². The zero-order chi connectivity index (χ0) is 21.0. The predicted molar refractivity (Wildman–Crippen MR) is 126 cm³/mol. The number of rotatable bonds is 6. The van der Waals surface area contributed by atoms with Gasteiger partial charge in [-0.3, -0.25) is 9.79 Å². The van der Waals surface area contributed by atoms with Crippen LogP contribution in [0.15, 0.2) is 77.8 Å². The summed E-state index contributed by atoms with van der Waals surface area (Å²) < 4.78 is 0. The van der Waals surface area contributed by atoms with E-state index < -0.39 is 0 Å². The molecule has 31 heavy (non-hydrogen) atoms. The minimum atomic E-state index is -0.300. The largest absolute Gasteiger partial charge is 0.341 e. The van der Waals surface area contributed by atoms with Gasteiger partial charge in [-0.25, -0.2) is 0 Å². The van der Waals surface area contributed by atoms with Crippen LogP contribution >= 0.6 is 0 Å². The first kappa shape index (κ1) is 20.2. The molecule has 160 valence electrons. The van der Waals surface area contributed by atoms with Crippen LogP contribution in [0.1, 0.15) is 49.7 Å². The summed E-state index contributed by atoms with van der Waals surface area (Å²) in [5, 5.41) is 0. The molecule has 2 bridgehead atoms. The second-order valence-electron chi connectivity index (χ2n) is 9.38. The van der Waals surface area contributed by atoms with Crippen LogP contribution in [0.3, 0.4) is 0 Å². The third-order valence-corrected chi connectivity index (χ3v) is 7.32. The molecule has 4 aliphatic rings. The molecule has 1 amide bonds. The van der Waals surface area contributed by atoms with E-state index in [-0.39, 0.29) is 11.9 Å². The Bertz CT molecular complexity index is 902. The van der Waals surface area contributed by atoms with Crippen LogP contribution in [0.2, 0.25) is 0 Å². The molecule has 1 saturated carbocycles. The van der Waals surface area contributed by atoms with E-state index in [2.05, 4.69) is 65.6 Å². The minimum absolute atomic E-state index is 0.229. The third-order valence-electron chi connectivity index (χ3n) is 7.32. The van der Waals surface area contributed by atoms with Gasteiger partial charge in [0.25, 0.3) is 0 Å². The van der Waals surface area contributed by atoms with Gasteiger partial charge in [-0.1, -0.05) is 72.8 Å². The van der Waals surface area contributed by atoms with E-state index >= 15 is 0 Å². The van der Waals surface area contributed by atoms with Crippen molar-refractivity contribution in [3.63, 3.8) is 0 Å². The molecule has 3 aliphatic carbocycles. The fraction of sp³-hybridized carbons (Fsp3) is 0.429. The highest BCUT2D eigenvalue weighted by molar-refractivity contribution is 6.13. The zero-order valence-corrected chi connectivity index (χ0v) is 18.2. The predicted octanol–water partition coefficient (Wildman–Crippen LogP) is 5.51. The summed E-state index contributed by atoms with van der Waals surface area (Å²) in [4.78, 5) is 20.9. The smallest absolute Gasteiger partial charge is 0.247 e. The summed E-state index contributed by atoms with van der Waals surface area (Å²) in [6.07, 6.45) is 11.7. The molecule has 1 heterocycles. The zero-order valence-electron chi connectivity index (χ0n) is 18.2. The SMILES string of the molecule is O=C(C(C[C@H]1C[C@H]2C=C[C@@H]1CC2)N=C(c1ccccc1)c1ccccc1)N1CCCC1. The third kappa shape index (κ3) is 4.51. The fourth-order valence-corrected chi connectivity index (χ4v) is 5.63. The number of amides is 1. The lowest BCUT2D eigenvalue weighted by Gasteiger charge is -2.39. The molecule has 0 radical (unpaired) electrons. The molecule has 2 aromatic rings. The Morgan fingerprint density at radius 1 is 0.903 bits per heavy atom. The lowest BCUT2D eigenvalue weighted by atomic mass is 9.67. The lowest BCUT2D eigenvalue weighted by molar-refractivity contribution is -0.132. The highest BCUT2D eigenvalue weighted by Gasteiger charge is 2.36. The summed E-state index contributed by atoms with van der Waals surface area (Å²) in [5.74, 6) is 2.11. The van der Waals surface area contributed by atoms with E-state index in [1.54, 1.807) is 0 Å². The molecule has 1 aliphatic heterocycles. The van der Waals surface area contributed by atoms with E-state index in [1.165, 1.54) is 19.3 Å². The second kappa shape index (κ2) is 9.21. The van der Waals surface area contributed by atoms with Gasteiger partial charge < -0.3 is 4.90 Å². The van der Waals surface area contributed by atoms with Crippen LogP contribution in [0.4, 0.5) is 0 Å². The molecule has 1 unspecified atom stereocenters. The minimum Gasteiger partial charge on any atom is -0.341 e. The molecule has 0 spiro atoms. The number of allylic oxidation sites excluding steroid dienone is 2. The van der Waals surface area contributed by atoms with Crippen LogP contribution in [0.25, 0.3) is 0 Å². The second-order valence-corrected chi connectivity index (χ2v) is 9.38. The number of hydrogen-bond donors (Lipinski definition) is 0. The Morgan fingerprint density at radius 3 is 2.06 bits per heavy atom. The van der Waals surface area contributed by atoms with E-state index in [4.69, 9.17) is 4.99 Å². The molecular formula is C28H32N2O. The van der Waals surface area contributed by atoms with Crippen LogP contribution < -0.4 is 0 Å². The average molecular weight is 413 g/mol. The highest BCUT2D eigenvalue weighted by Crippen LogP contribution is 2.43. The molecule has 6 rings (SSSR count). The van der Waals surface area contributed by atoms with Crippen molar-refractivity contribution in [2.75, 3.05) is 13.1 Å². The van der Waals surface area contributed by atoms with Crippen LogP contribution in [-0.2, 0) is 4.79 Å². The summed E-state index contributed by atoms with van der Waals surface area (Å²) in [6, 6.07) is 20.4. The maximum atomic E-state index is 13.6. The van der Waals surface area contributed by atoms with Gasteiger partial charge in [-0.2, -0.15) is 0 Å². The monoisotopic (exact) mass is 412 g/mol. The number of benzene rings is 2. The highest BCUT2D eigenvalue weighted by atomic mass is 16.2. The molecule has 1 saturated heterocycles. The van der Waals surface area contributed by atoms with Crippen LogP contribution in [0, 0.1) is 17.8 Å². The number of hydrogen-bond acceptors (Lipinski definition) is 2. The van der Waals surface area contributed by atoms with Crippen LogP contribution in [0.5, 0.6) is 0 Å². The number of carbonyl (C=O) groups excluding carboxylic acids is 1. The van der Waals surface area contributed by atoms with Crippen molar-refractivity contribution in [3.8, 4) is 0 Å². The molecule has 0 N–H and O–H groups in total. The van der Waals surface area contributed by atoms with Gasteiger partial charge in [0.05, 0.1) is 5.71 Å². The Balaban J connectivity index is 1.51. The first-order valence-electron chi connectivity index (χ1n) is 11.9. The summed E-state index contributed by atoms with van der Waals surface area (Å²) in [5.41, 5.74) is 3.10. The lowest BCUT2D eigenvalue weighted by Crippen LogP contribution is -2.40. The molecule has 4 atom stereocenters. The van der Waals surface area contributed by atoms with Gasteiger partial charge in [0.1, 0.15) is 6.04 Å². The Kier molecular flexibility index (Phi) is 6.01. The molecule has 3 nitrogen and oxygen atoms in total. The first-order chi connectivity index (χ1) is 15.3. The Hall–Kier alpha value is -2.68. The summed E-state index contributed by atoms with van der Waals surface area (Å²) >= 11 is 0. The van der Waals surface area contributed by atoms with Gasteiger partial charge in [-0.15, -0.1) is 0 Å². The van der Waals surface area contributed by atoms with Gasteiger partial charge in [0, 0.05) is 24.2 Å². The van der Waals surface area contributed by atoms with Gasteiger partial charge in [-0.05, 0) is 56.3 Å². The molecule has 2 aromatic carbocycles. The van der Waals surface area contributed by atoms with Gasteiger partial charge in [0.2, 0.25) is 5.91 Å². The number of carbonyl (C=O) groups is 1. The number of fused-ring (bicyclic) bond motifs is 2. The Morgan fingerprint density at radius 2 is 1.55 bits per heavy atom. The molecule has 3 heteroatoms. The van der Waals surface area contributed by atoms with Crippen molar-refractivity contribution < 1.29 is 4.79 Å². The van der Waals surface area contributed by atoms with E-state index in [0.29, 0.717) is 17.8 Å². The van der Waals surface area contributed by atoms with Gasteiger partial charge in [0.15, 0.2) is 0 Å². The van der Waals surface area contributed by atoms with Crippen molar-refractivity contribution >= 4 is 11.6 Å². The normalized spacial score (nSPS) is 25.4.